The molecule has 8 nitrogen and oxygen atoms in total. The van der Waals surface area contributed by atoms with Crippen LogP contribution in [0.4, 0.5) is 11.5 Å². The van der Waals surface area contributed by atoms with E-state index in [0.29, 0.717) is 6.54 Å². The van der Waals surface area contributed by atoms with Crippen LogP contribution >= 0.6 is 0 Å². The number of hydrogen-bond acceptors (Lipinski definition) is 7. The first-order valence-corrected chi connectivity index (χ1v) is 13.0. The fraction of sp³-hybridized carbons (Fsp3) is 0.464. The van der Waals surface area contributed by atoms with Crippen molar-refractivity contribution in [1.82, 2.24) is 25.1 Å². The Morgan fingerprint density at radius 2 is 1.78 bits per heavy atom. The predicted octanol–water partition coefficient (Wildman–Crippen LogP) is 2.88. The molecule has 0 saturated carbocycles. The zero-order valence-corrected chi connectivity index (χ0v) is 21.6. The van der Waals surface area contributed by atoms with Gasteiger partial charge in [-0.2, -0.15) is 0 Å². The molecular weight excluding hydrogens is 450 g/mol. The molecular formula is C28H37N7O. The average Bonchev–Trinajstić information content (AvgIpc) is 2.86. The van der Waals surface area contributed by atoms with Crippen LogP contribution in [0.15, 0.2) is 48.8 Å². The molecule has 0 spiro atoms. The minimum Gasteiger partial charge on any atom is -0.348 e. The lowest BCUT2D eigenvalue weighted by atomic mass is 10.1. The Labute approximate surface area is 213 Å². The van der Waals surface area contributed by atoms with E-state index in [1.54, 1.807) is 6.33 Å². The molecule has 8 heteroatoms. The number of amides is 1. The summed E-state index contributed by atoms with van der Waals surface area (Å²) in [5, 5.41) is 7.66. The van der Waals surface area contributed by atoms with Crippen molar-refractivity contribution < 1.29 is 4.79 Å². The Bertz CT molecular complexity index is 1190. The fourth-order valence-electron chi connectivity index (χ4n) is 5.60. The zero-order chi connectivity index (χ0) is 25.1. The third-order valence-electron chi connectivity index (χ3n) is 7.32. The number of para-hydroxylation sites is 1. The summed E-state index contributed by atoms with van der Waals surface area (Å²) in [6, 6.07) is 15.0. The Morgan fingerprint density at radius 3 is 2.56 bits per heavy atom. The number of carbonyl (C=O) groups excluding carboxylic acids is 1. The van der Waals surface area contributed by atoms with E-state index in [4.69, 9.17) is 0 Å². The Balaban J connectivity index is 1.22. The van der Waals surface area contributed by atoms with Gasteiger partial charge >= 0.3 is 0 Å². The molecule has 1 amide bonds. The van der Waals surface area contributed by atoms with E-state index < -0.39 is 0 Å². The predicted molar refractivity (Wildman–Crippen MR) is 145 cm³/mol. The summed E-state index contributed by atoms with van der Waals surface area (Å²) in [6.07, 6.45) is 1.65. The van der Waals surface area contributed by atoms with Crippen LogP contribution in [0.3, 0.4) is 0 Å². The summed E-state index contributed by atoms with van der Waals surface area (Å²) in [5.74, 6) is 1.01. The minimum absolute atomic E-state index is 0.0396. The average molecular weight is 488 g/mol. The molecule has 0 bridgehead atoms. The molecule has 2 aliphatic rings. The number of nitrogens with zero attached hydrogens (tertiary/aromatic N) is 5. The summed E-state index contributed by atoms with van der Waals surface area (Å²) in [7, 11) is 0. The quantitative estimate of drug-likeness (QED) is 0.554. The number of piperazine rings is 2. The molecule has 0 unspecified atom stereocenters. The summed E-state index contributed by atoms with van der Waals surface area (Å²) < 4.78 is 0. The van der Waals surface area contributed by atoms with Crippen LogP contribution in [0.5, 0.6) is 0 Å². The van der Waals surface area contributed by atoms with Gasteiger partial charge in [-0.3, -0.25) is 14.6 Å². The molecule has 190 valence electrons. The number of carbonyl (C=O) groups is 1. The van der Waals surface area contributed by atoms with Gasteiger partial charge < -0.3 is 15.5 Å². The number of benzene rings is 2. The second-order valence-corrected chi connectivity index (χ2v) is 10.2. The van der Waals surface area contributed by atoms with Gasteiger partial charge in [-0.15, -0.1) is 0 Å². The molecule has 3 aromatic rings. The molecule has 36 heavy (non-hydrogen) atoms. The molecule has 2 aromatic carbocycles. The van der Waals surface area contributed by atoms with Gasteiger partial charge in [-0.1, -0.05) is 24.3 Å². The highest BCUT2D eigenvalue weighted by Crippen LogP contribution is 2.29. The van der Waals surface area contributed by atoms with Crippen molar-refractivity contribution in [2.45, 2.75) is 39.4 Å². The number of aryl methyl sites for hydroxylation is 1. The topological polar surface area (TPSA) is 76.6 Å². The number of aromatic nitrogens is 2. The third-order valence-corrected chi connectivity index (χ3v) is 7.32. The zero-order valence-electron chi connectivity index (χ0n) is 21.6. The molecule has 2 fully saturated rings. The number of hydrogen-bond donors (Lipinski definition) is 2. The van der Waals surface area contributed by atoms with E-state index in [1.807, 2.05) is 18.2 Å². The second-order valence-electron chi connectivity index (χ2n) is 10.2. The van der Waals surface area contributed by atoms with Crippen molar-refractivity contribution in [2.24, 2.45) is 0 Å². The van der Waals surface area contributed by atoms with Gasteiger partial charge in [0.05, 0.1) is 12.1 Å². The van der Waals surface area contributed by atoms with E-state index in [9.17, 15) is 4.79 Å². The molecule has 2 N–H and O–H groups in total. The first-order valence-electron chi connectivity index (χ1n) is 13.0. The normalized spacial score (nSPS) is 21.6. The van der Waals surface area contributed by atoms with Crippen LogP contribution in [0.2, 0.25) is 0 Å². The molecule has 2 atom stereocenters. The van der Waals surface area contributed by atoms with E-state index in [1.165, 1.54) is 5.56 Å². The van der Waals surface area contributed by atoms with Crippen molar-refractivity contribution in [3.8, 4) is 0 Å². The molecule has 3 heterocycles. The number of fused-ring (bicyclic) bond motifs is 1. The Kier molecular flexibility index (Phi) is 7.46. The van der Waals surface area contributed by atoms with E-state index in [0.717, 1.165) is 73.8 Å². The maximum absolute atomic E-state index is 13.1. The summed E-state index contributed by atoms with van der Waals surface area (Å²) in [4.78, 5) is 29.2. The standard InChI is InChI=1S/C28H37N7O/c1-20-8-9-23(17-33-12-10-29-11-13-33)14-26(20)32-27(36)18-34-15-21(2)35(22(3)16-34)28-24-6-4-5-7-25(24)30-19-31-28/h4-9,14,19,21-22,29H,10-13,15-18H2,1-3H3,(H,32,36)/t21-,22+. The van der Waals surface area contributed by atoms with Crippen LogP contribution in [-0.2, 0) is 11.3 Å². The monoisotopic (exact) mass is 487 g/mol. The second kappa shape index (κ2) is 10.9. The van der Waals surface area contributed by atoms with Crippen molar-refractivity contribution in [2.75, 3.05) is 56.0 Å². The molecule has 5 rings (SSSR count). The van der Waals surface area contributed by atoms with E-state index in [2.05, 4.69) is 80.3 Å². The first kappa shape index (κ1) is 24.6. The number of anilines is 2. The minimum atomic E-state index is 0.0396. The van der Waals surface area contributed by atoms with Crippen LogP contribution in [-0.4, -0.2) is 83.6 Å². The van der Waals surface area contributed by atoms with Crippen LogP contribution < -0.4 is 15.5 Å². The fourth-order valence-corrected chi connectivity index (χ4v) is 5.60. The SMILES string of the molecule is Cc1ccc(CN2CCNCC2)cc1NC(=O)CN1C[C@@H](C)N(c2ncnc3ccccc23)[C@@H](C)C1. The Morgan fingerprint density at radius 1 is 1.03 bits per heavy atom. The highest BCUT2D eigenvalue weighted by Gasteiger charge is 2.32. The lowest BCUT2D eigenvalue weighted by Gasteiger charge is -2.45. The van der Waals surface area contributed by atoms with E-state index in [-0.39, 0.29) is 18.0 Å². The van der Waals surface area contributed by atoms with Gasteiger partial charge in [0.15, 0.2) is 0 Å². The molecule has 0 aliphatic carbocycles. The number of rotatable bonds is 6. The lowest BCUT2D eigenvalue weighted by molar-refractivity contribution is -0.117. The summed E-state index contributed by atoms with van der Waals surface area (Å²) in [6.45, 7) is 13.6. The molecule has 0 radical (unpaired) electrons. The summed E-state index contributed by atoms with van der Waals surface area (Å²) in [5.41, 5.74) is 4.21. The van der Waals surface area contributed by atoms with Crippen LogP contribution in [0.25, 0.3) is 10.9 Å². The van der Waals surface area contributed by atoms with Crippen molar-refractivity contribution in [3.05, 3.63) is 59.9 Å². The van der Waals surface area contributed by atoms with Crippen molar-refractivity contribution >= 4 is 28.3 Å². The van der Waals surface area contributed by atoms with Gasteiger partial charge in [0.25, 0.3) is 0 Å². The van der Waals surface area contributed by atoms with Gasteiger partial charge in [0.1, 0.15) is 12.1 Å². The summed E-state index contributed by atoms with van der Waals surface area (Å²) >= 11 is 0. The van der Waals surface area contributed by atoms with Gasteiger partial charge in [-0.25, -0.2) is 9.97 Å². The molecule has 2 saturated heterocycles. The highest BCUT2D eigenvalue weighted by atomic mass is 16.2. The van der Waals surface area contributed by atoms with E-state index >= 15 is 0 Å². The smallest absolute Gasteiger partial charge is 0.238 e. The van der Waals surface area contributed by atoms with Crippen molar-refractivity contribution in [1.29, 1.82) is 0 Å². The maximum Gasteiger partial charge on any atom is 0.238 e. The van der Waals surface area contributed by atoms with Gasteiger partial charge in [0, 0.05) is 69.0 Å². The molecule has 2 aliphatic heterocycles. The first-order chi connectivity index (χ1) is 17.5. The van der Waals surface area contributed by atoms with Crippen molar-refractivity contribution in [3.63, 3.8) is 0 Å². The maximum atomic E-state index is 13.1. The highest BCUT2D eigenvalue weighted by molar-refractivity contribution is 5.93. The van der Waals surface area contributed by atoms with Crippen LogP contribution in [0.1, 0.15) is 25.0 Å². The van der Waals surface area contributed by atoms with Gasteiger partial charge in [-0.05, 0) is 50.1 Å². The lowest BCUT2D eigenvalue weighted by Crippen LogP contribution is -2.58. The number of nitrogens with one attached hydrogen (secondary N) is 2. The Hall–Kier alpha value is -3.07. The third kappa shape index (κ3) is 5.51. The van der Waals surface area contributed by atoms with Gasteiger partial charge in [0.2, 0.25) is 5.91 Å². The van der Waals surface area contributed by atoms with Crippen LogP contribution in [0, 0.1) is 6.92 Å². The molecule has 1 aromatic heterocycles. The largest absolute Gasteiger partial charge is 0.348 e.